The van der Waals surface area contributed by atoms with Gasteiger partial charge in [-0.05, 0) is 55.3 Å². The predicted molar refractivity (Wildman–Crippen MR) is 114 cm³/mol. The van der Waals surface area contributed by atoms with Gasteiger partial charge in [0.1, 0.15) is 12.4 Å². The number of benzene rings is 2. The zero-order chi connectivity index (χ0) is 20.5. The van der Waals surface area contributed by atoms with Crippen molar-refractivity contribution < 1.29 is 14.3 Å². The van der Waals surface area contributed by atoms with E-state index in [1.54, 1.807) is 6.07 Å². The molecule has 1 amide bonds. The first-order chi connectivity index (χ1) is 14.1. The minimum Gasteiger partial charge on any atom is -0.492 e. The van der Waals surface area contributed by atoms with E-state index in [-0.39, 0.29) is 0 Å². The van der Waals surface area contributed by atoms with Crippen molar-refractivity contribution in [1.82, 2.24) is 10.2 Å². The molecule has 1 aliphatic rings. The smallest absolute Gasteiger partial charge is 0.248 e. The fourth-order valence-corrected chi connectivity index (χ4v) is 3.55. The predicted octanol–water partition coefficient (Wildman–Crippen LogP) is 2.56. The van der Waals surface area contributed by atoms with Gasteiger partial charge in [-0.3, -0.25) is 9.69 Å². The van der Waals surface area contributed by atoms with Crippen LogP contribution >= 0.6 is 0 Å². The Kier molecular flexibility index (Phi) is 8.04. The van der Waals surface area contributed by atoms with E-state index in [9.17, 15) is 4.79 Å². The van der Waals surface area contributed by atoms with Gasteiger partial charge in [-0.1, -0.05) is 24.3 Å². The van der Waals surface area contributed by atoms with Crippen LogP contribution in [0.15, 0.2) is 48.5 Å². The summed E-state index contributed by atoms with van der Waals surface area (Å²) < 4.78 is 11.4. The number of nitrogens with zero attached hydrogens (tertiary/aromatic N) is 1. The number of amides is 1. The standard InChI is InChI=1S/C23H31N3O3/c1-26(21-8-11-28-12-9-21)10-13-29-22-7-3-5-19(15-22)17-25-16-18-4-2-6-20(14-18)23(24)27/h2-7,14-15,21,25H,8-13,16-17H2,1H3,(H2,24,27). The summed E-state index contributed by atoms with van der Waals surface area (Å²) in [5, 5.41) is 3.40. The Morgan fingerprint density at radius 3 is 2.55 bits per heavy atom. The molecule has 1 fully saturated rings. The second-order valence-corrected chi connectivity index (χ2v) is 7.49. The van der Waals surface area contributed by atoms with E-state index in [0.717, 1.165) is 56.0 Å². The SMILES string of the molecule is CN(CCOc1cccc(CNCc2cccc(C(N)=O)c2)c1)C1CCOCC1. The van der Waals surface area contributed by atoms with Crippen molar-refractivity contribution >= 4 is 5.91 Å². The molecule has 1 heterocycles. The van der Waals surface area contributed by atoms with Gasteiger partial charge in [0, 0.05) is 44.5 Å². The number of likely N-dealkylation sites (N-methyl/N-ethyl adjacent to an activating group) is 1. The summed E-state index contributed by atoms with van der Waals surface area (Å²) in [5.41, 5.74) is 8.06. The lowest BCUT2D eigenvalue weighted by atomic mass is 10.1. The highest BCUT2D eigenvalue weighted by Gasteiger charge is 2.17. The van der Waals surface area contributed by atoms with Gasteiger partial charge in [-0.2, -0.15) is 0 Å². The molecule has 1 saturated heterocycles. The number of carbonyl (C=O) groups excluding carboxylic acids is 1. The molecule has 3 rings (SSSR count). The molecule has 0 spiro atoms. The number of ether oxygens (including phenoxy) is 2. The van der Waals surface area contributed by atoms with E-state index in [4.69, 9.17) is 15.2 Å². The van der Waals surface area contributed by atoms with Crippen LogP contribution < -0.4 is 15.8 Å². The quantitative estimate of drug-likeness (QED) is 0.644. The zero-order valence-electron chi connectivity index (χ0n) is 17.1. The van der Waals surface area contributed by atoms with Crippen molar-refractivity contribution in [3.63, 3.8) is 0 Å². The summed E-state index contributed by atoms with van der Waals surface area (Å²) >= 11 is 0. The largest absolute Gasteiger partial charge is 0.492 e. The van der Waals surface area contributed by atoms with Gasteiger partial charge in [-0.15, -0.1) is 0 Å². The molecule has 2 aromatic carbocycles. The van der Waals surface area contributed by atoms with Crippen LogP contribution in [0.3, 0.4) is 0 Å². The van der Waals surface area contributed by atoms with Gasteiger partial charge in [0.15, 0.2) is 0 Å². The number of nitrogens with one attached hydrogen (secondary N) is 1. The Morgan fingerprint density at radius 2 is 1.83 bits per heavy atom. The van der Waals surface area contributed by atoms with Crippen molar-refractivity contribution in [2.24, 2.45) is 5.73 Å². The Hall–Kier alpha value is -2.41. The van der Waals surface area contributed by atoms with Crippen LogP contribution in [-0.2, 0) is 17.8 Å². The molecular formula is C23H31N3O3. The third kappa shape index (κ3) is 6.85. The normalized spacial score (nSPS) is 14.8. The van der Waals surface area contributed by atoms with E-state index in [1.807, 2.05) is 30.3 Å². The maximum atomic E-state index is 11.3. The fraction of sp³-hybridized carbons (Fsp3) is 0.435. The van der Waals surface area contributed by atoms with E-state index in [0.29, 0.717) is 24.8 Å². The zero-order valence-corrected chi connectivity index (χ0v) is 17.1. The fourth-order valence-electron chi connectivity index (χ4n) is 3.55. The first-order valence-electron chi connectivity index (χ1n) is 10.2. The maximum absolute atomic E-state index is 11.3. The summed E-state index contributed by atoms with van der Waals surface area (Å²) in [4.78, 5) is 13.7. The van der Waals surface area contributed by atoms with Crippen LogP contribution in [-0.4, -0.2) is 50.3 Å². The van der Waals surface area contributed by atoms with Crippen LogP contribution in [0, 0.1) is 0 Å². The minimum absolute atomic E-state index is 0.404. The Labute approximate surface area is 173 Å². The Balaban J connectivity index is 1.42. The summed E-state index contributed by atoms with van der Waals surface area (Å²) in [6, 6.07) is 16.1. The second-order valence-electron chi connectivity index (χ2n) is 7.49. The Bertz CT molecular complexity index is 790. The lowest BCUT2D eigenvalue weighted by Crippen LogP contribution is -2.38. The third-order valence-corrected chi connectivity index (χ3v) is 5.30. The van der Waals surface area contributed by atoms with Crippen LogP contribution in [0.2, 0.25) is 0 Å². The van der Waals surface area contributed by atoms with Crippen LogP contribution in [0.5, 0.6) is 5.75 Å². The minimum atomic E-state index is -0.404. The molecular weight excluding hydrogens is 366 g/mol. The number of nitrogens with two attached hydrogens (primary N) is 1. The third-order valence-electron chi connectivity index (χ3n) is 5.30. The van der Waals surface area contributed by atoms with Crippen molar-refractivity contribution in [3.8, 4) is 5.75 Å². The molecule has 156 valence electrons. The van der Waals surface area contributed by atoms with Crippen molar-refractivity contribution in [2.45, 2.75) is 32.0 Å². The maximum Gasteiger partial charge on any atom is 0.248 e. The van der Waals surface area contributed by atoms with Crippen LogP contribution in [0.4, 0.5) is 0 Å². The number of rotatable bonds is 10. The molecule has 6 heteroatoms. The highest BCUT2D eigenvalue weighted by molar-refractivity contribution is 5.92. The summed E-state index contributed by atoms with van der Waals surface area (Å²) in [6.45, 7) is 4.69. The van der Waals surface area contributed by atoms with Gasteiger partial charge in [-0.25, -0.2) is 0 Å². The van der Waals surface area contributed by atoms with Gasteiger partial charge in [0.2, 0.25) is 5.91 Å². The van der Waals surface area contributed by atoms with E-state index in [2.05, 4.69) is 29.4 Å². The molecule has 0 atom stereocenters. The summed E-state index contributed by atoms with van der Waals surface area (Å²) in [6.07, 6.45) is 2.19. The van der Waals surface area contributed by atoms with E-state index < -0.39 is 5.91 Å². The highest BCUT2D eigenvalue weighted by atomic mass is 16.5. The average molecular weight is 398 g/mol. The molecule has 0 unspecified atom stereocenters. The average Bonchev–Trinajstić information content (AvgIpc) is 2.75. The van der Waals surface area contributed by atoms with Crippen molar-refractivity contribution in [2.75, 3.05) is 33.4 Å². The van der Waals surface area contributed by atoms with E-state index in [1.165, 1.54) is 0 Å². The number of primary amides is 1. The number of hydrogen-bond acceptors (Lipinski definition) is 5. The number of carbonyl (C=O) groups is 1. The lowest BCUT2D eigenvalue weighted by Gasteiger charge is -2.31. The molecule has 29 heavy (non-hydrogen) atoms. The number of hydrogen-bond donors (Lipinski definition) is 2. The summed E-state index contributed by atoms with van der Waals surface area (Å²) in [5.74, 6) is 0.486. The monoisotopic (exact) mass is 397 g/mol. The Morgan fingerprint density at radius 1 is 1.14 bits per heavy atom. The summed E-state index contributed by atoms with van der Waals surface area (Å²) in [7, 11) is 2.16. The van der Waals surface area contributed by atoms with Gasteiger partial charge in [0.25, 0.3) is 0 Å². The van der Waals surface area contributed by atoms with Gasteiger partial charge >= 0.3 is 0 Å². The lowest BCUT2D eigenvalue weighted by molar-refractivity contribution is 0.0392. The molecule has 0 saturated carbocycles. The molecule has 1 aliphatic heterocycles. The van der Waals surface area contributed by atoms with Crippen LogP contribution in [0.1, 0.15) is 34.3 Å². The van der Waals surface area contributed by atoms with Crippen molar-refractivity contribution in [1.29, 1.82) is 0 Å². The first-order valence-corrected chi connectivity index (χ1v) is 10.2. The molecule has 0 bridgehead atoms. The second kappa shape index (κ2) is 11.0. The molecule has 0 radical (unpaired) electrons. The highest BCUT2D eigenvalue weighted by Crippen LogP contribution is 2.15. The van der Waals surface area contributed by atoms with Crippen molar-refractivity contribution in [3.05, 3.63) is 65.2 Å². The molecule has 3 N–H and O–H groups in total. The molecule has 2 aromatic rings. The van der Waals surface area contributed by atoms with Gasteiger partial charge < -0.3 is 20.5 Å². The van der Waals surface area contributed by atoms with E-state index >= 15 is 0 Å². The molecule has 0 aliphatic carbocycles. The first kappa shape index (κ1) is 21.3. The molecule has 0 aromatic heterocycles. The van der Waals surface area contributed by atoms with Gasteiger partial charge in [0.05, 0.1) is 0 Å². The molecule has 6 nitrogen and oxygen atoms in total. The topological polar surface area (TPSA) is 76.8 Å². The van der Waals surface area contributed by atoms with Crippen LogP contribution in [0.25, 0.3) is 0 Å².